The summed E-state index contributed by atoms with van der Waals surface area (Å²) < 4.78 is 1.78. The van der Waals surface area contributed by atoms with E-state index in [9.17, 15) is 4.79 Å². The molecule has 1 N–H and O–H groups in total. The molecule has 2 aromatic heterocycles. The van der Waals surface area contributed by atoms with Gasteiger partial charge in [0.1, 0.15) is 5.69 Å². The summed E-state index contributed by atoms with van der Waals surface area (Å²) in [6.45, 7) is 0.864. The van der Waals surface area contributed by atoms with Gasteiger partial charge >= 0.3 is 0 Å². The molecular weight excluding hydrogens is 460 g/mol. The Hall–Kier alpha value is -4.62. The van der Waals surface area contributed by atoms with E-state index in [1.54, 1.807) is 23.9 Å². The summed E-state index contributed by atoms with van der Waals surface area (Å²) in [6, 6.07) is 29.7. The smallest absolute Gasteiger partial charge is 0.251 e. The van der Waals surface area contributed by atoms with Crippen LogP contribution in [0.2, 0.25) is 0 Å². The van der Waals surface area contributed by atoms with Gasteiger partial charge in [-0.1, -0.05) is 60.7 Å². The molecule has 5 aromatic rings. The van der Waals surface area contributed by atoms with E-state index in [4.69, 9.17) is 15.1 Å². The highest BCUT2D eigenvalue weighted by atomic mass is 16.1. The van der Waals surface area contributed by atoms with E-state index in [1.807, 2.05) is 60.8 Å². The molecule has 0 aliphatic carbocycles. The number of hydrogen-bond donors (Lipinski definition) is 1. The van der Waals surface area contributed by atoms with Crippen molar-refractivity contribution < 1.29 is 4.79 Å². The number of rotatable bonds is 7. The number of amides is 1. The monoisotopic (exact) mass is 488 g/mol. The summed E-state index contributed by atoms with van der Waals surface area (Å²) in [4.78, 5) is 23.8. The minimum Gasteiger partial charge on any atom is -0.355 e. The molecule has 3 aromatic carbocycles. The first-order valence-electron chi connectivity index (χ1n) is 12.1. The Morgan fingerprint density at radius 3 is 2.16 bits per heavy atom. The maximum atomic E-state index is 12.0. The number of hydrogen-bond acceptors (Lipinski definition) is 5. The van der Waals surface area contributed by atoms with Crippen molar-refractivity contribution in [2.24, 2.45) is 0 Å². The zero-order chi connectivity index (χ0) is 25.8. The molecular formula is C30H28N6O. The Morgan fingerprint density at radius 2 is 1.54 bits per heavy atom. The number of carbonyl (C=O) groups excluding carboxylic acids is 1. The quantitative estimate of drug-likeness (QED) is 0.346. The molecule has 1 amide bonds. The molecule has 0 atom stereocenters. The first kappa shape index (κ1) is 24.1. The summed E-state index contributed by atoms with van der Waals surface area (Å²) in [7, 11) is 5.72. The molecule has 0 aliphatic heterocycles. The predicted molar refractivity (Wildman–Crippen MR) is 146 cm³/mol. The van der Waals surface area contributed by atoms with Gasteiger partial charge in [0.15, 0.2) is 11.6 Å². The molecule has 0 unspecified atom stereocenters. The topological polar surface area (TPSA) is 75.9 Å². The van der Waals surface area contributed by atoms with Crippen LogP contribution < -0.4 is 5.32 Å². The Bertz CT molecular complexity index is 1490. The third-order valence-electron chi connectivity index (χ3n) is 6.02. The van der Waals surface area contributed by atoms with Crippen LogP contribution >= 0.6 is 0 Å². The Balaban J connectivity index is 1.55. The highest BCUT2D eigenvalue weighted by Gasteiger charge is 2.17. The van der Waals surface area contributed by atoms with Gasteiger partial charge in [-0.2, -0.15) is 0 Å². The summed E-state index contributed by atoms with van der Waals surface area (Å²) in [5, 5.41) is 7.50. The van der Waals surface area contributed by atoms with E-state index in [2.05, 4.69) is 48.6 Å². The molecule has 0 bridgehead atoms. The zero-order valence-corrected chi connectivity index (χ0v) is 21.1. The number of carbonyl (C=O) groups is 1. The van der Waals surface area contributed by atoms with Crippen LogP contribution in [0.1, 0.15) is 15.9 Å². The fraction of sp³-hybridized carbons (Fsp3) is 0.133. The second-order valence-corrected chi connectivity index (χ2v) is 9.03. The average molecular weight is 489 g/mol. The SMILES string of the molecule is CNC(=O)c1ccc(-n2nc(-c3ccc(CN(C)C)cc3)nc2-c2ccc(-c3ccccc3)cn2)cc1. The first-order chi connectivity index (χ1) is 18.0. The number of nitrogens with one attached hydrogen (secondary N) is 1. The zero-order valence-electron chi connectivity index (χ0n) is 21.1. The molecule has 7 nitrogen and oxygen atoms in total. The number of pyridine rings is 1. The summed E-state index contributed by atoms with van der Waals surface area (Å²) in [5.74, 6) is 1.09. The van der Waals surface area contributed by atoms with E-state index < -0.39 is 0 Å². The van der Waals surface area contributed by atoms with Crippen LogP contribution in [-0.4, -0.2) is 51.7 Å². The highest BCUT2D eigenvalue weighted by molar-refractivity contribution is 5.94. The lowest BCUT2D eigenvalue weighted by atomic mass is 10.1. The standard InChI is InChI=1S/C30H28N6O/c1-31-30(37)24-13-16-26(17-14-24)36-29(27-18-15-25(19-32-27)22-7-5-4-6-8-22)33-28(34-36)23-11-9-21(10-12-23)20-35(2)3/h4-19H,20H2,1-3H3,(H,31,37). The van der Waals surface area contributed by atoms with Gasteiger partial charge in [-0.05, 0) is 55.6 Å². The average Bonchev–Trinajstić information content (AvgIpc) is 3.39. The van der Waals surface area contributed by atoms with Crippen LogP contribution in [0.15, 0.2) is 97.2 Å². The van der Waals surface area contributed by atoms with Crippen molar-refractivity contribution in [3.8, 4) is 39.7 Å². The molecule has 0 spiro atoms. The van der Waals surface area contributed by atoms with Crippen LogP contribution in [-0.2, 0) is 6.54 Å². The van der Waals surface area contributed by atoms with Crippen molar-refractivity contribution in [3.05, 3.63) is 108 Å². The lowest BCUT2D eigenvalue weighted by Gasteiger charge is -2.09. The maximum absolute atomic E-state index is 12.0. The van der Waals surface area contributed by atoms with Gasteiger partial charge in [0.05, 0.1) is 5.69 Å². The van der Waals surface area contributed by atoms with Gasteiger partial charge in [-0.3, -0.25) is 9.78 Å². The van der Waals surface area contributed by atoms with Gasteiger partial charge < -0.3 is 10.2 Å². The second kappa shape index (κ2) is 10.6. The molecule has 7 heteroatoms. The number of aromatic nitrogens is 4. The number of benzene rings is 3. The minimum atomic E-state index is -0.137. The normalized spacial score (nSPS) is 11.0. The molecule has 0 fully saturated rings. The van der Waals surface area contributed by atoms with Crippen molar-refractivity contribution in [1.82, 2.24) is 30.0 Å². The van der Waals surface area contributed by atoms with E-state index in [-0.39, 0.29) is 5.91 Å². The molecule has 0 radical (unpaired) electrons. The van der Waals surface area contributed by atoms with Crippen LogP contribution in [0, 0.1) is 0 Å². The molecule has 0 saturated carbocycles. The van der Waals surface area contributed by atoms with Crippen molar-refractivity contribution in [3.63, 3.8) is 0 Å². The van der Waals surface area contributed by atoms with Gasteiger partial charge in [0.25, 0.3) is 5.91 Å². The van der Waals surface area contributed by atoms with Crippen molar-refractivity contribution in [1.29, 1.82) is 0 Å². The van der Waals surface area contributed by atoms with E-state index in [0.717, 1.165) is 28.9 Å². The molecule has 0 saturated heterocycles. The fourth-order valence-electron chi connectivity index (χ4n) is 4.13. The highest BCUT2D eigenvalue weighted by Crippen LogP contribution is 2.27. The summed E-state index contributed by atoms with van der Waals surface area (Å²) >= 11 is 0. The Kier molecular flexibility index (Phi) is 6.87. The Morgan fingerprint density at radius 1 is 0.838 bits per heavy atom. The van der Waals surface area contributed by atoms with E-state index in [0.29, 0.717) is 22.9 Å². The van der Waals surface area contributed by atoms with Crippen LogP contribution in [0.4, 0.5) is 0 Å². The first-order valence-corrected chi connectivity index (χ1v) is 12.1. The largest absolute Gasteiger partial charge is 0.355 e. The van der Waals surface area contributed by atoms with Crippen LogP contribution in [0.3, 0.4) is 0 Å². The third kappa shape index (κ3) is 5.32. The Labute approximate surface area is 216 Å². The predicted octanol–water partition coefficient (Wildman–Crippen LogP) is 5.08. The molecule has 5 rings (SSSR count). The van der Waals surface area contributed by atoms with Crippen LogP contribution in [0.25, 0.3) is 39.7 Å². The van der Waals surface area contributed by atoms with Crippen molar-refractivity contribution in [2.75, 3.05) is 21.1 Å². The van der Waals surface area contributed by atoms with Crippen LogP contribution in [0.5, 0.6) is 0 Å². The van der Waals surface area contributed by atoms with E-state index in [1.165, 1.54) is 5.56 Å². The molecule has 184 valence electrons. The lowest BCUT2D eigenvalue weighted by molar-refractivity contribution is 0.0963. The second-order valence-electron chi connectivity index (χ2n) is 9.03. The van der Waals surface area contributed by atoms with Crippen molar-refractivity contribution >= 4 is 5.91 Å². The molecule has 2 heterocycles. The van der Waals surface area contributed by atoms with Gasteiger partial charge in [0.2, 0.25) is 0 Å². The summed E-state index contributed by atoms with van der Waals surface area (Å²) in [6.07, 6.45) is 1.86. The third-order valence-corrected chi connectivity index (χ3v) is 6.02. The molecule has 0 aliphatic rings. The van der Waals surface area contributed by atoms with E-state index >= 15 is 0 Å². The van der Waals surface area contributed by atoms with Gasteiger partial charge in [0, 0.05) is 36.5 Å². The van der Waals surface area contributed by atoms with Gasteiger partial charge in [-0.15, -0.1) is 5.10 Å². The van der Waals surface area contributed by atoms with Gasteiger partial charge in [-0.25, -0.2) is 9.67 Å². The van der Waals surface area contributed by atoms with Crippen molar-refractivity contribution in [2.45, 2.75) is 6.54 Å². The lowest BCUT2D eigenvalue weighted by Crippen LogP contribution is -2.17. The maximum Gasteiger partial charge on any atom is 0.251 e. The summed E-state index contributed by atoms with van der Waals surface area (Å²) in [5.41, 5.74) is 6.35. The minimum absolute atomic E-state index is 0.137. The fourth-order valence-corrected chi connectivity index (χ4v) is 4.13. The molecule has 37 heavy (non-hydrogen) atoms. The number of nitrogens with zero attached hydrogens (tertiary/aromatic N) is 5.